The van der Waals surface area contributed by atoms with Crippen LogP contribution >= 0.6 is 0 Å². The van der Waals surface area contributed by atoms with Gasteiger partial charge in [-0.1, -0.05) is 19.1 Å². The van der Waals surface area contributed by atoms with E-state index >= 15 is 0 Å². The van der Waals surface area contributed by atoms with Crippen molar-refractivity contribution in [2.75, 3.05) is 6.54 Å². The van der Waals surface area contributed by atoms with Crippen molar-refractivity contribution in [3.8, 4) is 0 Å². The van der Waals surface area contributed by atoms with Gasteiger partial charge in [-0.3, -0.25) is 4.79 Å². The van der Waals surface area contributed by atoms with Crippen LogP contribution in [-0.2, 0) is 0 Å². The summed E-state index contributed by atoms with van der Waals surface area (Å²) >= 11 is 0. The van der Waals surface area contributed by atoms with Crippen LogP contribution in [0.5, 0.6) is 0 Å². The molecule has 1 atom stereocenters. The van der Waals surface area contributed by atoms with Crippen molar-refractivity contribution in [1.82, 2.24) is 0 Å². The third-order valence-electron chi connectivity index (χ3n) is 2.54. The lowest BCUT2D eigenvalue weighted by Crippen LogP contribution is -2.20. The number of rotatable bonds is 3. The van der Waals surface area contributed by atoms with Crippen LogP contribution in [0, 0.1) is 11.7 Å². The fraction of sp³-hybridized carbons (Fsp3) is 0.250. The maximum Gasteiger partial charge on any atom is 0.202 e. The molecule has 3 nitrogen and oxygen atoms in total. The number of benzene rings is 1. The first kappa shape index (κ1) is 10.8. The van der Waals surface area contributed by atoms with Gasteiger partial charge in [0, 0.05) is 17.8 Å². The molecule has 16 heavy (non-hydrogen) atoms. The van der Waals surface area contributed by atoms with Crippen molar-refractivity contribution in [1.29, 1.82) is 0 Å². The van der Waals surface area contributed by atoms with E-state index in [2.05, 4.69) is 0 Å². The summed E-state index contributed by atoms with van der Waals surface area (Å²) < 4.78 is 18.5. The van der Waals surface area contributed by atoms with Gasteiger partial charge in [-0.2, -0.15) is 0 Å². The summed E-state index contributed by atoms with van der Waals surface area (Å²) in [5.74, 6) is -0.809. The van der Waals surface area contributed by atoms with Crippen molar-refractivity contribution in [2.45, 2.75) is 6.92 Å². The molecule has 1 aromatic heterocycles. The molecular formula is C12H12FNO2. The Morgan fingerprint density at radius 3 is 2.94 bits per heavy atom. The largest absolute Gasteiger partial charge is 0.450 e. The zero-order valence-corrected chi connectivity index (χ0v) is 8.87. The number of hydrogen-bond acceptors (Lipinski definition) is 3. The number of halogens is 1. The van der Waals surface area contributed by atoms with Crippen LogP contribution in [0.3, 0.4) is 0 Å². The molecule has 0 aliphatic carbocycles. The van der Waals surface area contributed by atoms with Gasteiger partial charge in [0.25, 0.3) is 0 Å². The Bertz CT molecular complexity index is 533. The van der Waals surface area contributed by atoms with E-state index in [0.717, 1.165) is 0 Å². The number of ketones is 1. The molecule has 0 saturated carbocycles. The molecule has 0 fully saturated rings. The normalized spacial score (nSPS) is 12.9. The first-order chi connectivity index (χ1) is 7.63. The van der Waals surface area contributed by atoms with E-state index in [1.165, 1.54) is 6.07 Å². The van der Waals surface area contributed by atoms with Gasteiger partial charge in [0.2, 0.25) is 5.78 Å². The van der Waals surface area contributed by atoms with Crippen molar-refractivity contribution < 1.29 is 13.6 Å². The standard InChI is InChI=1S/C12H12FNO2/c1-7(6-14)11(15)10-5-8-3-2-4-9(13)12(8)16-10/h2-5,7H,6,14H2,1H3. The third-order valence-corrected chi connectivity index (χ3v) is 2.54. The average molecular weight is 221 g/mol. The van der Waals surface area contributed by atoms with Crippen LogP contribution < -0.4 is 5.73 Å². The number of carbonyl (C=O) groups is 1. The lowest BCUT2D eigenvalue weighted by atomic mass is 10.1. The SMILES string of the molecule is CC(CN)C(=O)c1cc2cccc(F)c2o1. The Morgan fingerprint density at radius 1 is 1.56 bits per heavy atom. The van der Waals surface area contributed by atoms with E-state index < -0.39 is 5.82 Å². The molecule has 84 valence electrons. The van der Waals surface area contributed by atoms with E-state index in [0.29, 0.717) is 5.39 Å². The molecule has 4 heteroatoms. The van der Waals surface area contributed by atoms with Crippen LogP contribution in [0.1, 0.15) is 17.5 Å². The van der Waals surface area contributed by atoms with Gasteiger partial charge < -0.3 is 10.2 Å². The molecule has 0 spiro atoms. The lowest BCUT2D eigenvalue weighted by Gasteiger charge is -2.02. The summed E-state index contributed by atoms with van der Waals surface area (Å²) in [4.78, 5) is 11.8. The van der Waals surface area contributed by atoms with Gasteiger partial charge in [-0.15, -0.1) is 0 Å². The molecule has 0 amide bonds. The fourth-order valence-electron chi connectivity index (χ4n) is 1.50. The van der Waals surface area contributed by atoms with Crippen LogP contribution in [-0.4, -0.2) is 12.3 Å². The molecule has 2 rings (SSSR count). The second-order valence-corrected chi connectivity index (χ2v) is 3.77. The first-order valence-corrected chi connectivity index (χ1v) is 5.06. The highest BCUT2D eigenvalue weighted by Gasteiger charge is 2.19. The second kappa shape index (κ2) is 4.06. The van der Waals surface area contributed by atoms with E-state index in [1.807, 2.05) is 0 Å². The lowest BCUT2D eigenvalue weighted by molar-refractivity contribution is 0.0908. The molecule has 0 bridgehead atoms. The van der Waals surface area contributed by atoms with Gasteiger partial charge in [0.1, 0.15) is 0 Å². The smallest absolute Gasteiger partial charge is 0.202 e. The molecule has 0 aliphatic heterocycles. The predicted octanol–water partition coefficient (Wildman–Crippen LogP) is 2.35. The van der Waals surface area contributed by atoms with Crippen molar-refractivity contribution in [3.05, 3.63) is 35.8 Å². The summed E-state index contributed by atoms with van der Waals surface area (Å²) in [5.41, 5.74) is 5.52. The van der Waals surface area contributed by atoms with Crippen molar-refractivity contribution in [3.63, 3.8) is 0 Å². The molecule has 2 aromatic rings. The van der Waals surface area contributed by atoms with Crippen LogP contribution in [0.4, 0.5) is 4.39 Å². The minimum Gasteiger partial charge on any atom is -0.450 e. The maximum absolute atomic E-state index is 13.3. The molecule has 2 N–H and O–H groups in total. The molecule has 0 radical (unpaired) electrons. The highest BCUT2D eigenvalue weighted by atomic mass is 19.1. The number of Topliss-reactive ketones (excluding diaryl/α,β-unsaturated/α-hetero) is 1. The second-order valence-electron chi connectivity index (χ2n) is 3.77. The summed E-state index contributed by atoms with van der Waals surface area (Å²) in [7, 11) is 0. The Balaban J connectivity index is 2.48. The summed E-state index contributed by atoms with van der Waals surface area (Å²) in [6, 6.07) is 6.12. The predicted molar refractivity (Wildman–Crippen MR) is 58.7 cm³/mol. The first-order valence-electron chi connectivity index (χ1n) is 5.06. The molecule has 0 aliphatic rings. The van der Waals surface area contributed by atoms with Gasteiger partial charge in [0.15, 0.2) is 17.2 Å². The maximum atomic E-state index is 13.3. The van der Waals surface area contributed by atoms with Crippen molar-refractivity contribution >= 4 is 16.8 Å². The Labute approximate surface area is 92.0 Å². The van der Waals surface area contributed by atoms with E-state index in [-0.39, 0.29) is 29.6 Å². The van der Waals surface area contributed by atoms with Gasteiger partial charge in [-0.25, -0.2) is 4.39 Å². The molecule has 1 unspecified atom stereocenters. The number of furan rings is 1. The minimum absolute atomic E-state index is 0.120. The number of hydrogen-bond donors (Lipinski definition) is 1. The monoisotopic (exact) mass is 221 g/mol. The number of carbonyl (C=O) groups excluding carboxylic acids is 1. The van der Waals surface area contributed by atoms with E-state index in [9.17, 15) is 9.18 Å². The minimum atomic E-state index is -0.461. The van der Waals surface area contributed by atoms with Gasteiger partial charge in [-0.05, 0) is 12.1 Å². The van der Waals surface area contributed by atoms with Crippen LogP contribution in [0.25, 0.3) is 11.0 Å². The van der Waals surface area contributed by atoms with Crippen molar-refractivity contribution in [2.24, 2.45) is 11.7 Å². The number of fused-ring (bicyclic) bond motifs is 1. The number of para-hydroxylation sites is 1. The van der Waals surface area contributed by atoms with Crippen LogP contribution in [0.2, 0.25) is 0 Å². The zero-order valence-electron chi connectivity index (χ0n) is 8.87. The molecule has 0 saturated heterocycles. The molecule has 1 heterocycles. The highest BCUT2D eigenvalue weighted by Crippen LogP contribution is 2.23. The molecular weight excluding hydrogens is 209 g/mol. The third kappa shape index (κ3) is 1.72. The van der Waals surface area contributed by atoms with Gasteiger partial charge in [0.05, 0.1) is 0 Å². The highest BCUT2D eigenvalue weighted by molar-refractivity contribution is 5.99. The Hall–Kier alpha value is -1.68. The Morgan fingerprint density at radius 2 is 2.31 bits per heavy atom. The van der Waals surface area contributed by atoms with Crippen LogP contribution in [0.15, 0.2) is 28.7 Å². The average Bonchev–Trinajstić information content (AvgIpc) is 2.72. The number of nitrogens with two attached hydrogens (primary N) is 1. The summed E-state index contributed by atoms with van der Waals surface area (Å²) in [6.07, 6.45) is 0. The van der Waals surface area contributed by atoms with E-state index in [1.54, 1.807) is 25.1 Å². The topological polar surface area (TPSA) is 56.2 Å². The summed E-state index contributed by atoms with van der Waals surface area (Å²) in [5, 5.41) is 0.590. The quantitative estimate of drug-likeness (QED) is 0.809. The van der Waals surface area contributed by atoms with E-state index in [4.69, 9.17) is 10.2 Å². The zero-order chi connectivity index (χ0) is 11.7. The Kier molecular flexibility index (Phi) is 2.75. The summed E-state index contributed by atoms with van der Waals surface area (Å²) in [6.45, 7) is 1.96. The molecule has 1 aromatic carbocycles. The van der Waals surface area contributed by atoms with Gasteiger partial charge >= 0.3 is 0 Å². The fourth-order valence-corrected chi connectivity index (χ4v) is 1.50.